The van der Waals surface area contributed by atoms with Crippen molar-refractivity contribution in [2.75, 3.05) is 20.2 Å². The Kier molecular flexibility index (Phi) is 5.66. The molecule has 0 heterocycles. The Bertz CT molecular complexity index is 697. The minimum Gasteiger partial charge on any atom is -0.492 e. The number of nitrogens with zero attached hydrogens (tertiary/aromatic N) is 1. The molecule has 2 aromatic carbocycles. The third-order valence-corrected chi connectivity index (χ3v) is 4.35. The molecule has 4 nitrogen and oxygen atoms in total. The number of rotatable bonds is 8. The monoisotopic (exact) mass is 342 g/mol. The minimum atomic E-state index is -0.257. The maximum absolute atomic E-state index is 12.9. The smallest absolute Gasteiger partial charge is 0.251 e. The Hall–Kier alpha value is -2.40. The molecule has 2 aromatic rings. The van der Waals surface area contributed by atoms with Crippen molar-refractivity contribution < 1.29 is 13.9 Å². The van der Waals surface area contributed by atoms with E-state index in [9.17, 15) is 9.18 Å². The summed E-state index contributed by atoms with van der Waals surface area (Å²) in [5.74, 6) is 0.359. The maximum atomic E-state index is 12.9. The number of benzene rings is 2. The largest absolute Gasteiger partial charge is 0.492 e. The van der Waals surface area contributed by atoms with E-state index < -0.39 is 0 Å². The first kappa shape index (κ1) is 17.4. The van der Waals surface area contributed by atoms with Crippen LogP contribution in [0.4, 0.5) is 4.39 Å². The summed E-state index contributed by atoms with van der Waals surface area (Å²) in [7, 11) is 1.63. The van der Waals surface area contributed by atoms with Crippen LogP contribution in [0.3, 0.4) is 0 Å². The molecule has 0 unspecified atom stereocenters. The molecule has 0 radical (unpaired) electrons. The van der Waals surface area contributed by atoms with E-state index in [1.165, 1.54) is 30.5 Å². The molecule has 0 bridgehead atoms. The number of carbonyl (C=O) groups excluding carboxylic acids is 1. The number of amides is 1. The van der Waals surface area contributed by atoms with Gasteiger partial charge < -0.3 is 10.1 Å². The van der Waals surface area contributed by atoms with Gasteiger partial charge in [0.05, 0.1) is 0 Å². The molecule has 3 rings (SSSR count). The zero-order valence-electron chi connectivity index (χ0n) is 14.4. The fourth-order valence-electron chi connectivity index (χ4n) is 2.78. The molecule has 1 fully saturated rings. The third-order valence-electron chi connectivity index (χ3n) is 4.35. The second-order valence-electron chi connectivity index (χ2n) is 6.28. The average Bonchev–Trinajstić information content (AvgIpc) is 3.47. The highest BCUT2D eigenvalue weighted by atomic mass is 19.1. The highest BCUT2D eigenvalue weighted by Crippen LogP contribution is 2.28. The SMILES string of the molecule is CNC(=O)c1ccc(CN(CCOc2ccc(F)cc2)C2CC2)cc1. The summed E-state index contributed by atoms with van der Waals surface area (Å²) in [5, 5.41) is 2.63. The first-order chi connectivity index (χ1) is 12.2. The lowest BCUT2D eigenvalue weighted by Gasteiger charge is -2.22. The summed E-state index contributed by atoms with van der Waals surface area (Å²) < 4.78 is 18.6. The van der Waals surface area contributed by atoms with Gasteiger partial charge in [0.15, 0.2) is 0 Å². The first-order valence-electron chi connectivity index (χ1n) is 8.59. The molecular formula is C20H23FN2O2. The number of nitrogens with one attached hydrogen (secondary N) is 1. The highest BCUT2D eigenvalue weighted by molar-refractivity contribution is 5.93. The summed E-state index contributed by atoms with van der Waals surface area (Å²) in [6.45, 7) is 2.23. The van der Waals surface area contributed by atoms with Gasteiger partial charge in [0, 0.05) is 31.7 Å². The van der Waals surface area contributed by atoms with Gasteiger partial charge in [-0.05, 0) is 54.8 Å². The molecule has 5 heteroatoms. The van der Waals surface area contributed by atoms with Gasteiger partial charge in [-0.15, -0.1) is 0 Å². The van der Waals surface area contributed by atoms with Crippen molar-refractivity contribution in [2.45, 2.75) is 25.4 Å². The van der Waals surface area contributed by atoms with E-state index in [-0.39, 0.29) is 11.7 Å². The van der Waals surface area contributed by atoms with Crippen LogP contribution >= 0.6 is 0 Å². The van der Waals surface area contributed by atoms with Gasteiger partial charge in [0.2, 0.25) is 0 Å². The first-order valence-corrected chi connectivity index (χ1v) is 8.59. The Morgan fingerprint density at radius 2 is 1.84 bits per heavy atom. The molecule has 0 saturated heterocycles. The van der Waals surface area contributed by atoms with Gasteiger partial charge in [-0.25, -0.2) is 4.39 Å². The third kappa shape index (κ3) is 5.03. The Balaban J connectivity index is 1.53. The van der Waals surface area contributed by atoms with E-state index >= 15 is 0 Å². The Morgan fingerprint density at radius 3 is 2.44 bits per heavy atom. The zero-order chi connectivity index (χ0) is 17.6. The lowest BCUT2D eigenvalue weighted by Crippen LogP contribution is -2.30. The van der Waals surface area contributed by atoms with Gasteiger partial charge in [0.1, 0.15) is 18.2 Å². The second kappa shape index (κ2) is 8.12. The van der Waals surface area contributed by atoms with Gasteiger partial charge in [-0.1, -0.05) is 12.1 Å². The van der Waals surface area contributed by atoms with Crippen LogP contribution in [0, 0.1) is 5.82 Å². The number of hydrogen-bond acceptors (Lipinski definition) is 3. The van der Waals surface area contributed by atoms with Gasteiger partial charge in [-0.3, -0.25) is 9.69 Å². The van der Waals surface area contributed by atoms with Crippen molar-refractivity contribution >= 4 is 5.91 Å². The molecule has 132 valence electrons. The fraction of sp³-hybridized carbons (Fsp3) is 0.350. The molecular weight excluding hydrogens is 319 g/mol. The molecule has 1 aliphatic carbocycles. The lowest BCUT2D eigenvalue weighted by molar-refractivity contribution is 0.0963. The van der Waals surface area contributed by atoms with Crippen LogP contribution in [0.5, 0.6) is 5.75 Å². The van der Waals surface area contributed by atoms with Crippen molar-refractivity contribution in [3.05, 3.63) is 65.5 Å². The molecule has 0 atom stereocenters. The van der Waals surface area contributed by atoms with Crippen molar-refractivity contribution in [1.82, 2.24) is 10.2 Å². The van der Waals surface area contributed by atoms with E-state index in [2.05, 4.69) is 10.2 Å². The summed E-state index contributed by atoms with van der Waals surface area (Å²) >= 11 is 0. The van der Waals surface area contributed by atoms with Crippen molar-refractivity contribution in [3.63, 3.8) is 0 Å². The van der Waals surface area contributed by atoms with Gasteiger partial charge in [-0.2, -0.15) is 0 Å². The molecule has 0 aromatic heterocycles. The van der Waals surface area contributed by atoms with E-state index in [1.54, 1.807) is 19.2 Å². The molecule has 1 saturated carbocycles. The van der Waals surface area contributed by atoms with E-state index in [0.717, 1.165) is 13.1 Å². The van der Waals surface area contributed by atoms with Crippen LogP contribution in [-0.2, 0) is 6.54 Å². The normalized spacial score (nSPS) is 13.7. The van der Waals surface area contributed by atoms with Gasteiger partial charge >= 0.3 is 0 Å². The summed E-state index contributed by atoms with van der Waals surface area (Å²) in [6, 6.07) is 14.4. The quantitative estimate of drug-likeness (QED) is 0.801. The van der Waals surface area contributed by atoms with Crippen LogP contribution in [-0.4, -0.2) is 37.0 Å². The molecule has 25 heavy (non-hydrogen) atoms. The predicted octanol–water partition coefficient (Wildman–Crippen LogP) is 3.23. The van der Waals surface area contributed by atoms with Crippen LogP contribution in [0.25, 0.3) is 0 Å². The topological polar surface area (TPSA) is 41.6 Å². The average molecular weight is 342 g/mol. The van der Waals surface area contributed by atoms with Gasteiger partial charge in [0.25, 0.3) is 5.91 Å². The van der Waals surface area contributed by atoms with Crippen LogP contribution in [0.15, 0.2) is 48.5 Å². The summed E-state index contributed by atoms with van der Waals surface area (Å²) in [4.78, 5) is 14.0. The van der Waals surface area contributed by atoms with Crippen LogP contribution < -0.4 is 10.1 Å². The van der Waals surface area contributed by atoms with Crippen LogP contribution in [0.2, 0.25) is 0 Å². The van der Waals surface area contributed by atoms with Crippen molar-refractivity contribution in [2.24, 2.45) is 0 Å². The molecule has 1 N–H and O–H groups in total. The molecule has 1 amide bonds. The fourth-order valence-corrected chi connectivity index (χ4v) is 2.78. The van der Waals surface area contributed by atoms with Crippen molar-refractivity contribution in [1.29, 1.82) is 0 Å². The number of ether oxygens (including phenoxy) is 1. The maximum Gasteiger partial charge on any atom is 0.251 e. The number of carbonyl (C=O) groups is 1. The van der Waals surface area contributed by atoms with E-state index in [4.69, 9.17) is 4.74 Å². The summed E-state index contributed by atoms with van der Waals surface area (Å²) in [6.07, 6.45) is 2.43. The van der Waals surface area contributed by atoms with E-state index in [0.29, 0.717) is 24.0 Å². The predicted molar refractivity (Wildman–Crippen MR) is 95.2 cm³/mol. The standard InChI is InChI=1S/C20H23FN2O2/c1-22-20(24)16-4-2-15(3-5-16)14-23(18-8-9-18)12-13-25-19-10-6-17(21)7-11-19/h2-7,10-11,18H,8-9,12-14H2,1H3,(H,22,24). The number of halogens is 1. The van der Waals surface area contributed by atoms with Crippen LogP contribution in [0.1, 0.15) is 28.8 Å². The molecule has 1 aliphatic rings. The Morgan fingerprint density at radius 1 is 1.16 bits per heavy atom. The zero-order valence-corrected chi connectivity index (χ0v) is 14.4. The molecule has 0 spiro atoms. The lowest BCUT2D eigenvalue weighted by atomic mass is 10.1. The highest BCUT2D eigenvalue weighted by Gasteiger charge is 2.28. The van der Waals surface area contributed by atoms with E-state index in [1.807, 2.05) is 24.3 Å². The molecule has 0 aliphatic heterocycles. The number of hydrogen-bond donors (Lipinski definition) is 1. The summed E-state index contributed by atoms with van der Waals surface area (Å²) in [5.41, 5.74) is 1.85. The minimum absolute atomic E-state index is 0.0710. The second-order valence-corrected chi connectivity index (χ2v) is 6.28. The Labute approximate surface area is 147 Å². The van der Waals surface area contributed by atoms with Crippen molar-refractivity contribution in [3.8, 4) is 5.75 Å².